The fraction of sp³-hybridized carbons (Fsp3) is 0.261. The molecule has 0 spiro atoms. The Morgan fingerprint density at radius 1 is 0.969 bits per heavy atom. The number of rotatable bonds is 8. The number of thioether (sulfide) groups is 1. The maximum Gasteiger partial charge on any atom is 0.332 e. The lowest BCUT2D eigenvalue weighted by molar-refractivity contribution is 0.223. The number of alkyl halides is 1. The zero-order chi connectivity index (χ0) is 22.7. The van der Waals surface area contributed by atoms with E-state index in [0.29, 0.717) is 28.6 Å². The third-order valence-corrected chi connectivity index (χ3v) is 6.62. The number of nitrogens with zero attached hydrogens (tertiary/aromatic N) is 4. The Kier molecular flexibility index (Phi) is 6.83. The van der Waals surface area contributed by atoms with E-state index in [1.54, 1.807) is 7.05 Å². The topological polar surface area (TPSA) is 82.1 Å². The molecule has 0 radical (unpaired) electrons. The number of fused-ring (bicyclic) bond motifs is 1. The molecule has 0 fully saturated rings. The van der Waals surface area contributed by atoms with Crippen LogP contribution in [0.4, 0.5) is 0 Å². The smallest absolute Gasteiger partial charge is 0.332 e. The Hall–Kier alpha value is -2.81. The third-order valence-electron chi connectivity index (χ3n) is 5.15. The van der Waals surface area contributed by atoms with Crippen molar-refractivity contribution in [2.24, 2.45) is 7.05 Å². The summed E-state index contributed by atoms with van der Waals surface area (Å²) in [6.07, 6.45) is -0.704. The van der Waals surface area contributed by atoms with Crippen molar-refractivity contribution < 1.29 is 5.11 Å². The highest BCUT2D eigenvalue weighted by Crippen LogP contribution is 2.24. The van der Waals surface area contributed by atoms with E-state index in [9.17, 15) is 14.7 Å². The van der Waals surface area contributed by atoms with Crippen molar-refractivity contribution in [1.29, 1.82) is 0 Å². The number of aromatic nitrogens is 4. The number of hydrogen-bond acceptors (Lipinski definition) is 5. The van der Waals surface area contributed by atoms with Crippen molar-refractivity contribution >= 4 is 34.5 Å². The average molecular weight is 471 g/mol. The highest BCUT2D eigenvalue weighted by atomic mass is 35.5. The van der Waals surface area contributed by atoms with Crippen LogP contribution in [-0.2, 0) is 20.1 Å². The lowest BCUT2D eigenvalue weighted by Gasteiger charge is -2.12. The molecule has 0 aliphatic heterocycles. The van der Waals surface area contributed by atoms with Crippen LogP contribution in [0.5, 0.6) is 0 Å². The minimum atomic E-state index is -0.704. The van der Waals surface area contributed by atoms with Crippen LogP contribution in [0.2, 0.25) is 0 Å². The lowest BCUT2D eigenvalue weighted by Crippen LogP contribution is -2.40. The Morgan fingerprint density at radius 2 is 1.53 bits per heavy atom. The van der Waals surface area contributed by atoms with Gasteiger partial charge in [0.1, 0.15) is 0 Å². The molecule has 0 saturated heterocycles. The monoisotopic (exact) mass is 470 g/mol. The van der Waals surface area contributed by atoms with Gasteiger partial charge < -0.3 is 9.67 Å². The quantitative estimate of drug-likeness (QED) is 0.316. The van der Waals surface area contributed by atoms with Gasteiger partial charge in [-0.3, -0.25) is 13.9 Å². The van der Waals surface area contributed by atoms with Gasteiger partial charge in [-0.05, 0) is 11.1 Å². The zero-order valence-corrected chi connectivity index (χ0v) is 19.1. The number of aliphatic hydroxyl groups excluding tert-OH is 1. The van der Waals surface area contributed by atoms with E-state index >= 15 is 0 Å². The molecule has 166 valence electrons. The minimum absolute atomic E-state index is 0.105. The predicted molar refractivity (Wildman–Crippen MR) is 128 cm³/mol. The van der Waals surface area contributed by atoms with Crippen molar-refractivity contribution in [2.75, 3.05) is 11.6 Å². The maximum absolute atomic E-state index is 13.5. The molecule has 0 saturated carbocycles. The number of aryl methyl sites for hydroxylation is 1. The van der Waals surface area contributed by atoms with Crippen molar-refractivity contribution in [3.63, 3.8) is 0 Å². The standard InChI is InChI=1S/C23H23ClN4O3S/c1-26-20-19(21(30)28(23(26)31)14-17-10-6-3-7-11-17)27(13-16-8-4-2-5-9-16)22(25-20)32-15-18(29)12-24/h2-11,18,29H,12-15H2,1H3/t18-/m0/s1. The Balaban J connectivity index is 1.89. The molecule has 32 heavy (non-hydrogen) atoms. The van der Waals surface area contributed by atoms with Crippen LogP contribution in [0.3, 0.4) is 0 Å². The zero-order valence-electron chi connectivity index (χ0n) is 17.5. The SMILES string of the molecule is Cn1c(=O)n(Cc2ccccc2)c(=O)c2c1nc(SC[C@@H](O)CCl)n2Cc1ccccc1. The molecular formula is C23H23ClN4O3S. The van der Waals surface area contributed by atoms with Gasteiger partial charge in [0.05, 0.1) is 19.2 Å². The largest absolute Gasteiger partial charge is 0.391 e. The maximum atomic E-state index is 13.5. The molecule has 0 unspecified atom stereocenters. The Labute approximate surface area is 193 Å². The van der Waals surface area contributed by atoms with Crippen LogP contribution < -0.4 is 11.2 Å². The molecule has 4 aromatic rings. The van der Waals surface area contributed by atoms with Crippen molar-refractivity contribution in [2.45, 2.75) is 24.3 Å². The number of imidazole rings is 1. The average Bonchev–Trinajstić information content (AvgIpc) is 3.18. The third kappa shape index (κ3) is 4.53. The van der Waals surface area contributed by atoms with Gasteiger partial charge in [0.15, 0.2) is 16.3 Å². The Morgan fingerprint density at radius 3 is 2.09 bits per heavy atom. The van der Waals surface area contributed by atoms with Gasteiger partial charge in [-0.15, -0.1) is 11.6 Å². The van der Waals surface area contributed by atoms with Gasteiger partial charge in [-0.1, -0.05) is 72.4 Å². The molecule has 1 N–H and O–H groups in total. The summed E-state index contributed by atoms with van der Waals surface area (Å²) >= 11 is 7.06. The van der Waals surface area contributed by atoms with Crippen molar-refractivity contribution in [3.8, 4) is 0 Å². The second-order valence-electron chi connectivity index (χ2n) is 7.48. The number of aliphatic hydroxyl groups is 1. The summed E-state index contributed by atoms with van der Waals surface area (Å²) in [5, 5.41) is 10.5. The number of benzene rings is 2. The van der Waals surface area contributed by atoms with Gasteiger partial charge in [0.25, 0.3) is 5.56 Å². The lowest BCUT2D eigenvalue weighted by atomic mass is 10.2. The van der Waals surface area contributed by atoms with Gasteiger partial charge in [-0.25, -0.2) is 9.78 Å². The molecule has 1 atom stereocenters. The molecule has 0 aliphatic rings. The van der Waals surface area contributed by atoms with E-state index in [1.165, 1.54) is 20.9 Å². The van der Waals surface area contributed by atoms with E-state index in [4.69, 9.17) is 11.6 Å². The number of halogens is 1. The Bertz CT molecular complexity index is 1330. The summed E-state index contributed by atoms with van der Waals surface area (Å²) in [4.78, 5) is 31.2. The van der Waals surface area contributed by atoms with Crippen LogP contribution in [0.15, 0.2) is 75.4 Å². The van der Waals surface area contributed by atoms with Gasteiger partial charge in [0.2, 0.25) is 0 Å². The summed E-state index contributed by atoms with van der Waals surface area (Å²) in [6, 6.07) is 19.1. The summed E-state index contributed by atoms with van der Waals surface area (Å²) in [6.45, 7) is 0.585. The fourth-order valence-corrected chi connectivity index (χ4v) is 4.66. The van der Waals surface area contributed by atoms with E-state index in [0.717, 1.165) is 11.1 Å². The van der Waals surface area contributed by atoms with E-state index < -0.39 is 11.8 Å². The molecule has 0 aliphatic carbocycles. The fourth-order valence-electron chi connectivity index (χ4n) is 3.50. The first-order valence-corrected chi connectivity index (χ1v) is 11.7. The summed E-state index contributed by atoms with van der Waals surface area (Å²) in [5.41, 5.74) is 1.72. The van der Waals surface area contributed by atoms with Gasteiger partial charge in [-0.2, -0.15) is 0 Å². The van der Waals surface area contributed by atoms with Gasteiger partial charge >= 0.3 is 5.69 Å². The van der Waals surface area contributed by atoms with E-state index in [1.807, 2.05) is 65.2 Å². The van der Waals surface area contributed by atoms with Crippen LogP contribution in [-0.4, -0.2) is 41.5 Å². The second kappa shape index (κ2) is 9.77. The van der Waals surface area contributed by atoms with Crippen molar-refractivity contribution in [1.82, 2.24) is 18.7 Å². The van der Waals surface area contributed by atoms with E-state index in [-0.39, 0.29) is 18.0 Å². The number of hydrogen-bond donors (Lipinski definition) is 1. The van der Waals surface area contributed by atoms with Gasteiger partial charge in [0, 0.05) is 18.7 Å². The molecular weight excluding hydrogens is 448 g/mol. The highest BCUT2D eigenvalue weighted by molar-refractivity contribution is 7.99. The molecule has 4 rings (SSSR count). The first-order valence-electron chi connectivity index (χ1n) is 10.1. The molecule has 0 bridgehead atoms. The minimum Gasteiger partial charge on any atom is -0.391 e. The van der Waals surface area contributed by atoms with Crippen molar-refractivity contribution in [3.05, 3.63) is 92.6 Å². The van der Waals surface area contributed by atoms with E-state index in [2.05, 4.69) is 4.98 Å². The molecule has 0 amide bonds. The first kappa shape index (κ1) is 22.4. The van der Waals surface area contributed by atoms with Crippen LogP contribution >= 0.6 is 23.4 Å². The normalized spacial score (nSPS) is 12.3. The highest BCUT2D eigenvalue weighted by Gasteiger charge is 2.21. The summed E-state index contributed by atoms with van der Waals surface area (Å²) in [7, 11) is 1.62. The first-order chi connectivity index (χ1) is 15.5. The second-order valence-corrected chi connectivity index (χ2v) is 8.77. The molecule has 7 nitrogen and oxygen atoms in total. The summed E-state index contributed by atoms with van der Waals surface area (Å²) < 4.78 is 4.46. The molecule has 2 aromatic carbocycles. The van der Waals surface area contributed by atoms with Crippen LogP contribution in [0, 0.1) is 0 Å². The van der Waals surface area contributed by atoms with Crippen LogP contribution in [0.1, 0.15) is 11.1 Å². The van der Waals surface area contributed by atoms with Crippen LogP contribution in [0.25, 0.3) is 11.2 Å². The summed E-state index contributed by atoms with van der Waals surface area (Å²) in [5.74, 6) is 0.433. The molecule has 2 aromatic heterocycles. The predicted octanol–water partition coefficient (Wildman–Crippen LogP) is 2.69. The molecule has 2 heterocycles. The molecule has 9 heteroatoms.